The lowest BCUT2D eigenvalue weighted by Crippen LogP contribution is -2.08. The molecule has 19 heavy (non-hydrogen) atoms. The van der Waals surface area contributed by atoms with Crippen molar-refractivity contribution in [2.24, 2.45) is 0 Å². The molecule has 1 N–H and O–H groups in total. The Bertz CT molecular complexity index is 576. The molecule has 4 heteroatoms. The molecule has 0 aliphatic rings. The van der Waals surface area contributed by atoms with E-state index in [1.54, 1.807) is 6.07 Å². The van der Waals surface area contributed by atoms with Crippen LogP contribution in [-0.2, 0) is 0 Å². The molecule has 0 spiro atoms. The minimum Gasteiger partial charge on any atom is -0.377 e. The maximum absolute atomic E-state index is 6.21. The maximum atomic E-state index is 6.21. The van der Waals surface area contributed by atoms with E-state index < -0.39 is 0 Å². The molecule has 0 heterocycles. The van der Waals surface area contributed by atoms with Crippen molar-refractivity contribution in [2.75, 3.05) is 5.32 Å². The van der Waals surface area contributed by atoms with Gasteiger partial charge in [-0.3, -0.25) is 0 Å². The summed E-state index contributed by atoms with van der Waals surface area (Å²) in [5, 5.41) is 5.39. The summed E-state index contributed by atoms with van der Waals surface area (Å²) < 4.78 is 0. The first-order valence-corrected chi connectivity index (χ1v) is 7.09. The second-order valence-electron chi connectivity index (χ2n) is 4.46. The van der Waals surface area contributed by atoms with E-state index in [1.807, 2.05) is 44.2 Å². The van der Waals surface area contributed by atoms with E-state index in [-0.39, 0.29) is 6.04 Å². The van der Waals surface area contributed by atoms with Crippen molar-refractivity contribution in [3.8, 4) is 0 Å². The van der Waals surface area contributed by atoms with Crippen LogP contribution in [0.5, 0.6) is 0 Å². The summed E-state index contributed by atoms with van der Waals surface area (Å²) in [4.78, 5) is 0. The fourth-order valence-electron chi connectivity index (χ4n) is 1.96. The topological polar surface area (TPSA) is 12.0 Å². The molecular weight excluding hydrogens is 301 g/mol. The van der Waals surface area contributed by atoms with Gasteiger partial charge in [-0.1, -0.05) is 53.0 Å². The SMILES string of the molecule is Cc1cccc(Cl)c1NC(C)c1ccc(Cl)cc1Cl. The van der Waals surface area contributed by atoms with Crippen molar-refractivity contribution in [3.05, 3.63) is 62.6 Å². The largest absolute Gasteiger partial charge is 0.377 e. The Morgan fingerprint density at radius 1 is 1.00 bits per heavy atom. The van der Waals surface area contributed by atoms with Crippen molar-refractivity contribution in [2.45, 2.75) is 19.9 Å². The molecule has 1 nitrogen and oxygen atoms in total. The smallest absolute Gasteiger partial charge is 0.0640 e. The van der Waals surface area contributed by atoms with Gasteiger partial charge in [0.05, 0.1) is 16.8 Å². The number of anilines is 1. The molecule has 0 fully saturated rings. The minimum atomic E-state index is 0.0448. The highest BCUT2D eigenvalue weighted by molar-refractivity contribution is 6.35. The molecule has 0 bridgehead atoms. The van der Waals surface area contributed by atoms with Gasteiger partial charge in [0, 0.05) is 10.0 Å². The maximum Gasteiger partial charge on any atom is 0.0640 e. The molecule has 0 aromatic heterocycles. The monoisotopic (exact) mass is 313 g/mol. The Hall–Kier alpha value is -0.890. The molecule has 0 saturated heterocycles. The van der Waals surface area contributed by atoms with Crippen molar-refractivity contribution in [1.29, 1.82) is 0 Å². The second kappa shape index (κ2) is 6.04. The molecule has 1 unspecified atom stereocenters. The molecule has 1 atom stereocenters. The number of rotatable bonds is 3. The fraction of sp³-hybridized carbons (Fsp3) is 0.200. The van der Waals surface area contributed by atoms with Crippen LogP contribution >= 0.6 is 34.8 Å². The molecule has 0 aliphatic heterocycles. The quantitative estimate of drug-likeness (QED) is 0.718. The summed E-state index contributed by atoms with van der Waals surface area (Å²) >= 11 is 18.3. The lowest BCUT2D eigenvalue weighted by atomic mass is 10.1. The molecule has 2 rings (SSSR count). The van der Waals surface area contributed by atoms with Gasteiger partial charge in [0.2, 0.25) is 0 Å². The van der Waals surface area contributed by atoms with Crippen LogP contribution in [0.15, 0.2) is 36.4 Å². The third-order valence-electron chi connectivity index (χ3n) is 3.01. The Morgan fingerprint density at radius 2 is 1.74 bits per heavy atom. The van der Waals surface area contributed by atoms with Gasteiger partial charge in [-0.15, -0.1) is 0 Å². The van der Waals surface area contributed by atoms with Gasteiger partial charge in [-0.05, 0) is 43.2 Å². The lowest BCUT2D eigenvalue weighted by Gasteiger charge is -2.19. The van der Waals surface area contributed by atoms with Gasteiger partial charge < -0.3 is 5.32 Å². The highest BCUT2D eigenvalue weighted by Gasteiger charge is 2.12. The lowest BCUT2D eigenvalue weighted by molar-refractivity contribution is 0.883. The van der Waals surface area contributed by atoms with Crippen LogP contribution < -0.4 is 5.32 Å². The predicted octanol–water partition coefficient (Wildman–Crippen LogP) is 6.13. The van der Waals surface area contributed by atoms with Crippen LogP contribution in [0.25, 0.3) is 0 Å². The predicted molar refractivity (Wildman–Crippen MR) is 84.7 cm³/mol. The summed E-state index contributed by atoms with van der Waals surface area (Å²) in [7, 11) is 0. The van der Waals surface area contributed by atoms with Crippen molar-refractivity contribution < 1.29 is 0 Å². The summed E-state index contributed by atoms with van der Waals surface area (Å²) in [5.74, 6) is 0. The normalized spacial score (nSPS) is 12.3. The minimum absolute atomic E-state index is 0.0448. The van der Waals surface area contributed by atoms with Crippen LogP contribution in [0.4, 0.5) is 5.69 Å². The first kappa shape index (κ1) is 14.5. The third-order valence-corrected chi connectivity index (χ3v) is 3.89. The first-order valence-electron chi connectivity index (χ1n) is 5.95. The number of aryl methyl sites for hydroxylation is 1. The zero-order valence-electron chi connectivity index (χ0n) is 10.7. The Morgan fingerprint density at radius 3 is 2.37 bits per heavy atom. The summed E-state index contributed by atoms with van der Waals surface area (Å²) in [6.45, 7) is 4.06. The van der Waals surface area contributed by atoms with E-state index in [9.17, 15) is 0 Å². The van der Waals surface area contributed by atoms with Crippen molar-refractivity contribution >= 4 is 40.5 Å². The van der Waals surface area contributed by atoms with Gasteiger partial charge in [0.25, 0.3) is 0 Å². The van der Waals surface area contributed by atoms with Crippen molar-refractivity contribution in [3.63, 3.8) is 0 Å². The van der Waals surface area contributed by atoms with E-state index >= 15 is 0 Å². The van der Waals surface area contributed by atoms with Gasteiger partial charge in [-0.25, -0.2) is 0 Å². The number of halogens is 3. The summed E-state index contributed by atoms with van der Waals surface area (Å²) in [5.41, 5.74) is 3.03. The highest BCUT2D eigenvalue weighted by Crippen LogP contribution is 2.32. The van der Waals surface area contributed by atoms with Crippen LogP contribution in [0.3, 0.4) is 0 Å². The number of nitrogens with one attached hydrogen (secondary N) is 1. The van der Waals surface area contributed by atoms with Crippen LogP contribution in [-0.4, -0.2) is 0 Å². The molecule has 0 saturated carbocycles. The van der Waals surface area contributed by atoms with Crippen LogP contribution in [0.1, 0.15) is 24.1 Å². The van der Waals surface area contributed by atoms with E-state index in [2.05, 4.69) is 5.32 Å². The Balaban J connectivity index is 2.28. The summed E-state index contributed by atoms with van der Waals surface area (Å²) in [6, 6.07) is 11.4. The first-order chi connectivity index (χ1) is 8.99. The fourth-order valence-corrected chi connectivity index (χ4v) is 2.81. The highest BCUT2D eigenvalue weighted by atomic mass is 35.5. The van der Waals surface area contributed by atoms with E-state index in [0.29, 0.717) is 15.1 Å². The molecule has 0 aliphatic carbocycles. The van der Waals surface area contributed by atoms with Gasteiger partial charge >= 0.3 is 0 Å². The molecule has 100 valence electrons. The molecule has 0 radical (unpaired) electrons. The zero-order valence-corrected chi connectivity index (χ0v) is 12.9. The third kappa shape index (κ3) is 3.36. The van der Waals surface area contributed by atoms with Crippen LogP contribution in [0.2, 0.25) is 15.1 Å². The van der Waals surface area contributed by atoms with E-state index in [1.165, 1.54) is 0 Å². The standard InChI is InChI=1S/C15H14Cl3N/c1-9-4-3-5-13(17)15(9)19-10(2)12-7-6-11(16)8-14(12)18/h3-8,10,19H,1-2H3. The number of para-hydroxylation sites is 1. The number of hydrogen-bond donors (Lipinski definition) is 1. The molecule has 2 aromatic carbocycles. The van der Waals surface area contributed by atoms with Crippen molar-refractivity contribution in [1.82, 2.24) is 0 Å². The zero-order chi connectivity index (χ0) is 14.0. The molecule has 0 amide bonds. The average Bonchev–Trinajstić information content (AvgIpc) is 2.33. The summed E-state index contributed by atoms with van der Waals surface area (Å²) in [6.07, 6.45) is 0. The van der Waals surface area contributed by atoms with Crippen LogP contribution in [0, 0.1) is 6.92 Å². The van der Waals surface area contributed by atoms with Gasteiger partial charge in [-0.2, -0.15) is 0 Å². The molecule has 2 aromatic rings. The van der Waals surface area contributed by atoms with E-state index in [0.717, 1.165) is 16.8 Å². The van der Waals surface area contributed by atoms with E-state index in [4.69, 9.17) is 34.8 Å². The van der Waals surface area contributed by atoms with Gasteiger partial charge in [0.15, 0.2) is 0 Å². The Labute approximate surface area is 128 Å². The Kier molecular flexibility index (Phi) is 4.62. The average molecular weight is 315 g/mol. The number of benzene rings is 2. The van der Waals surface area contributed by atoms with Gasteiger partial charge in [0.1, 0.15) is 0 Å². The number of hydrogen-bond acceptors (Lipinski definition) is 1. The molecular formula is C15H14Cl3N. The second-order valence-corrected chi connectivity index (χ2v) is 5.71.